The quantitative estimate of drug-likeness (QED) is 0.230. The predicted molar refractivity (Wildman–Crippen MR) is 145 cm³/mol. The zero-order valence-electron chi connectivity index (χ0n) is 20.9. The number of benzene rings is 2. The summed E-state index contributed by atoms with van der Waals surface area (Å²) in [4.78, 5) is 29.6. The van der Waals surface area contributed by atoms with Crippen LogP contribution in [0.3, 0.4) is 0 Å². The highest BCUT2D eigenvalue weighted by atomic mass is 32.1. The summed E-state index contributed by atoms with van der Waals surface area (Å²) >= 11 is 1.55. The molecule has 1 atom stereocenters. The minimum atomic E-state index is -0.822. The van der Waals surface area contributed by atoms with Gasteiger partial charge in [0.05, 0.1) is 21.8 Å². The second kappa shape index (κ2) is 9.36. The Labute approximate surface area is 217 Å². The first-order valence-corrected chi connectivity index (χ1v) is 12.7. The maximum Gasteiger partial charge on any atom is 0.324 e. The van der Waals surface area contributed by atoms with Gasteiger partial charge in [0.2, 0.25) is 0 Å². The van der Waals surface area contributed by atoms with E-state index in [1.165, 1.54) is 0 Å². The fourth-order valence-corrected chi connectivity index (χ4v) is 5.10. The number of carboxylic acids is 1. The Morgan fingerprint density at radius 1 is 1.11 bits per heavy atom. The lowest BCUT2D eigenvalue weighted by molar-refractivity contribution is -0.138. The number of aliphatic carboxylic acids is 1. The van der Waals surface area contributed by atoms with Gasteiger partial charge >= 0.3 is 12.0 Å². The molecule has 0 bridgehead atoms. The van der Waals surface area contributed by atoms with Crippen LogP contribution in [0.2, 0.25) is 0 Å². The van der Waals surface area contributed by atoms with E-state index >= 15 is 0 Å². The van der Waals surface area contributed by atoms with Gasteiger partial charge in [0.15, 0.2) is 10.8 Å². The lowest BCUT2D eigenvalue weighted by Crippen LogP contribution is -2.19. The van der Waals surface area contributed by atoms with Crippen molar-refractivity contribution in [3.8, 4) is 11.3 Å². The van der Waals surface area contributed by atoms with Crippen LogP contribution in [0.4, 0.5) is 16.3 Å². The van der Waals surface area contributed by atoms with Gasteiger partial charge in [-0.1, -0.05) is 62.4 Å². The second-order valence-electron chi connectivity index (χ2n) is 9.89. The van der Waals surface area contributed by atoms with E-state index in [1.807, 2.05) is 68.6 Å². The maximum absolute atomic E-state index is 12.4. The lowest BCUT2D eigenvalue weighted by atomic mass is 9.93. The fraction of sp³-hybridized carbons (Fsp3) is 0.259. The van der Waals surface area contributed by atoms with E-state index in [4.69, 9.17) is 9.51 Å². The van der Waals surface area contributed by atoms with Crippen molar-refractivity contribution in [3.63, 3.8) is 0 Å². The molecule has 3 N–H and O–H groups in total. The Hall–Kier alpha value is -4.18. The van der Waals surface area contributed by atoms with E-state index in [0.29, 0.717) is 23.7 Å². The number of imidazole rings is 1. The molecule has 0 radical (unpaired) electrons. The van der Waals surface area contributed by atoms with Crippen LogP contribution in [-0.4, -0.2) is 31.6 Å². The van der Waals surface area contributed by atoms with Crippen molar-refractivity contribution in [1.29, 1.82) is 0 Å². The first-order chi connectivity index (χ1) is 17.6. The number of carbonyl (C=O) groups is 2. The van der Waals surface area contributed by atoms with Gasteiger partial charge in [-0.3, -0.25) is 14.5 Å². The van der Waals surface area contributed by atoms with E-state index in [2.05, 4.69) is 15.8 Å². The minimum absolute atomic E-state index is 0.203. The van der Waals surface area contributed by atoms with Gasteiger partial charge in [0.1, 0.15) is 5.76 Å². The summed E-state index contributed by atoms with van der Waals surface area (Å²) in [6.07, 6.45) is 2.48. The van der Waals surface area contributed by atoms with Crippen LogP contribution < -0.4 is 10.6 Å². The molecule has 0 fully saturated rings. The number of hydrogen-bond donors (Lipinski definition) is 3. The van der Waals surface area contributed by atoms with Crippen LogP contribution in [0, 0.1) is 0 Å². The molecule has 10 heteroatoms. The van der Waals surface area contributed by atoms with Gasteiger partial charge in [0.25, 0.3) is 0 Å². The Kier molecular flexibility index (Phi) is 6.20. The van der Waals surface area contributed by atoms with Gasteiger partial charge in [0, 0.05) is 28.9 Å². The van der Waals surface area contributed by atoms with Crippen molar-refractivity contribution < 1.29 is 19.2 Å². The van der Waals surface area contributed by atoms with E-state index in [9.17, 15) is 14.7 Å². The molecule has 0 saturated heterocycles. The van der Waals surface area contributed by atoms with Crippen LogP contribution in [0.1, 0.15) is 51.4 Å². The Morgan fingerprint density at radius 2 is 1.86 bits per heavy atom. The van der Waals surface area contributed by atoms with Gasteiger partial charge in [-0.05, 0) is 36.2 Å². The molecule has 0 aliphatic heterocycles. The zero-order chi connectivity index (χ0) is 26.3. The number of rotatable bonds is 6. The standard InChI is InChI=1S/C27H27N5O4S/c1-5-18(24(33)34)16-8-11-21-20(12-16)32-14-19(29-26(32)37-21)15-6-9-17(10-7-15)28-25(35)30-23-13-22(36-31-23)27(2,3)4/h6-14,18H,5H2,1-4H3,(H,33,34)(H2,28,30,31,35). The number of nitrogens with zero attached hydrogens (tertiary/aromatic N) is 3. The highest BCUT2D eigenvalue weighted by molar-refractivity contribution is 7.23. The molecule has 37 heavy (non-hydrogen) atoms. The third kappa shape index (κ3) is 4.92. The number of nitrogens with one attached hydrogen (secondary N) is 2. The van der Waals surface area contributed by atoms with Crippen LogP contribution in [0.25, 0.3) is 26.4 Å². The summed E-state index contributed by atoms with van der Waals surface area (Å²) in [6.45, 7) is 7.89. The molecular formula is C27H27N5O4S. The molecule has 3 aromatic heterocycles. The van der Waals surface area contributed by atoms with Crippen molar-refractivity contribution >= 4 is 50.0 Å². The number of hydrogen-bond acceptors (Lipinski definition) is 6. The number of fused-ring (bicyclic) bond motifs is 3. The lowest BCUT2D eigenvalue weighted by Gasteiger charge is -2.12. The molecule has 2 amide bonds. The predicted octanol–water partition coefficient (Wildman–Crippen LogP) is 6.72. The number of amides is 2. The van der Waals surface area contributed by atoms with Crippen LogP contribution in [0.5, 0.6) is 0 Å². The Bertz CT molecular complexity index is 1610. The van der Waals surface area contributed by atoms with E-state index in [0.717, 1.165) is 32.0 Å². The summed E-state index contributed by atoms with van der Waals surface area (Å²) < 4.78 is 8.34. The molecule has 0 saturated carbocycles. The summed E-state index contributed by atoms with van der Waals surface area (Å²) in [5.41, 5.74) is 3.83. The molecule has 0 aliphatic rings. The van der Waals surface area contributed by atoms with Gasteiger partial charge < -0.3 is 14.9 Å². The largest absolute Gasteiger partial charge is 0.481 e. The molecule has 5 aromatic rings. The smallest absolute Gasteiger partial charge is 0.324 e. The topological polar surface area (TPSA) is 122 Å². The molecule has 5 rings (SSSR count). The fourth-order valence-electron chi connectivity index (χ4n) is 4.11. The van der Waals surface area contributed by atoms with Gasteiger partial charge in [-0.2, -0.15) is 0 Å². The van der Waals surface area contributed by atoms with Crippen molar-refractivity contribution in [3.05, 3.63) is 66.1 Å². The maximum atomic E-state index is 12.4. The van der Waals surface area contributed by atoms with Gasteiger partial charge in [-0.15, -0.1) is 0 Å². The van der Waals surface area contributed by atoms with Gasteiger partial charge in [-0.25, -0.2) is 9.78 Å². The number of urea groups is 1. The third-order valence-corrected chi connectivity index (χ3v) is 7.19. The average Bonchev–Trinajstić information content (AvgIpc) is 3.54. The third-order valence-electron chi connectivity index (χ3n) is 6.16. The molecule has 190 valence electrons. The molecular weight excluding hydrogens is 490 g/mol. The monoisotopic (exact) mass is 517 g/mol. The molecule has 0 aliphatic carbocycles. The zero-order valence-corrected chi connectivity index (χ0v) is 21.7. The number of thiazole rings is 1. The molecule has 0 spiro atoms. The van der Waals surface area contributed by atoms with E-state index in [-0.39, 0.29) is 5.41 Å². The molecule has 1 unspecified atom stereocenters. The Morgan fingerprint density at radius 3 is 2.51 bits per heavy atom. The number of carboxylic acid groups (broad SMARTS) is 1. The number of carbonyl (C=O) groups excluding carboxylic acids is 1. The highest BCUT2D eigenvalue weighted by Crippen LogP contribution is 2.32. The van der Waals surface area contributed by atoms with E-state index < -0.39 is 17.9 Å². The average molecular weight is 518 g/mol. The van der Waals surface area contributed by atoms with Crippen LogP contribution in [-0.2, 0) is 10.2 Å². The van der Waals surface area contributed by atoms with E-state index in [1.54, 1.807) is 29.5 Å². The number of aromatic nitrogens is 3. The van der Waals surface area contributed by atoms with Crippen LogP contribution >= 0.6 is 11.3 Å². The molecule has 2 aromatic carbocycles. The molecule has 3 heterocycles. The SMILES string of the molecule is CCC(C(=O)O)c1ccc2sc3nc(-c4ccc(NC(=O)Nc5cc(C(C)(C)C)on5)cc4)cn3c2c1. The summed E-state index contributed by atoms with van der Waals surface area (Å²) in [5.74, 6) is -0.327. The summed E-state index contributed by atoms with van der Waals surface area (Å²) in [5, 5.41) is 18.9. The van der Waals surface area contributed by atoms with Crippen molar-refractivity contribution in [2.24, 2.45) is 0 Å². The second-order valence-corrected chi connectivity index (χ2v) is 10.9. The Balaban J connectivity index is 1.32. The first kappa shape index (κ1) is 24.5. The normalized spacial score (nSPS) is 12.6. The van der Waals surface area contributed by atoms with Crippen LogP contribution in [0.15, 0.2) is 59.3 Å². The molecule has 9 nitrogen and oxygen atoms in total. The summed E-state index contributed by atoms with van der Waals surface area (Å²) in [7, 11) is 0. The summed E-state index contributed by atoms with van der Waals surface area (Å²) in [6, 6.07) is 14.5. The van der Waals surface area contributed by atoms with Crippen molar-refractivity contribution in [1.82, 2.24) is 14.5 Å². The highest BCUT2D eigenvalue weighted by Gasteiger charge is 2.21. The van der Waals surface area contributed by atoms with Crippen molar-refractivity contribution in [2.45, 2.75) is 45.4 Å². The number of anilines is 2. The minimum Gasteiger partial charge on any atom is -0.481 e. The van der Waals surface area contributed by atoms with Crippen molar-refractivity contribution in [2.75, 3.05) is 10.6 Å². The first-order valence-electron chi connectivity index (χ1n) is 11.9.